The summed E-state index contributed by atoms with van der Waals surface area (Å²) in [5.74, 6) is 2.05. The highest BCUT2D eigenvalue weighted by atomic mass is 15.3. The van der Waals surface area contributed by atoms with E-state index in [0.717, 1.165) is 34.8 Å². The second kappa shape index (κ2) is 5.66. The average molecular weight is 345 g/mol. The number of nitrogens with zero attached hydrogens (tertiary/aromatic N) is 6. The van der Waals surface area contributed by atoms with Crippen LogP contribution in [-0.4, -0.2) is 35.3 Å². The summed E-state index contributed by atoms with van der Waals surface area (Å²) in [6, 6.07) is 10.4. The van der Waals surface area contributed by atoms with Crippen LogP contribution < -0.4 is 5.32 Å². The number of fused-ring (bicyclic) bond motifs is 1. The molecular formula is C19H19N7. The fraction of sp³-hybridized carbons (Fsp3) is 0.263. The number of hydrogen-bond acceptors (Lipinski definition) is 5. The number of hydrogen-bond donors (Lipinski definition) is 1. The minimum Gasteiger partial charge on any atom is -0.366 e. The first kappa shape index (κ1) is 15.1. The highest BCUT2D eigenvalue weighted by Crippen LogP contribution is 2.43. The lowest BCUT2D eigenvalue weighted by Crippen LogP contribution is -2.09. The van der Waals surface area contributed by atoms with E-state index in [1.807, 2.05) is 67.7 Å². The molecule has 1 N–H and O–H groups in total. The molecule has 4 aromatic rings. The van der Waals surface area contributed by atoms with E-state index in [9.17, 15) is 0 Å². The number of rotatable bonds is 4. The number of aromatic nitrogens is 6. The quantitative estimate of drug-likeness (QED) is 0.616. The van der Waals surface area contributed by atoms with Gasteiger partial charge in [0.05, 0.1) is 23.6 Å². The van der Waals surface area contributed by atoms with E-state index in [2.05, 4.69) is 29.9 Å². The summed E-state index contributed by atoms with van der Waals surface area (Å²) in [4.78, 5) is 13.5. The van der Waals surface area contributed by atoms with Crippen molar-refractivity contribution in [3.05, 3.63) is 60.6 Å². The van der Waals surface area contributed by atoms with E-state index >= 15 is 0 Å². The first-order valence-corrected chi connectivity index (χ1v) is 8.71. The van der Waals surface area contributed by atoms with Crippen LogP contribution in [0.15, 0.2) is 49.1 Å². The summed E-state index contributed by atoms with van der Waals surface area (Å²) >= 11 is 0. The van der Waals surface area contributed by atoms with Crippen molar-refractivity contribution in [2.24, 2.45) is 7.05 Å². The Morgan fingerprint density at radius 3 is 2.73 bits per heavy atom. The number of benzene rings is 1. The third kappa shape index (κ3) is 2.44. The number of para-hydroxylation sites is 1. The van der Waals surface area contributed by atoms with Gasteiger partial charge in [0.2, 0.25) is 0 Å². The lowest BCUT2D eigenvalue weighted by atomic mass is 10.3. The second-order valence-corrected chi connectivity index (χ2v) is 6.77. The highest BCUT2D eigenvalue weighted by Gasteiger charge is 2.40. The van der Waals surface area contributed by atoms with Gasteiger partial charge in [-0.2, -0.15) is 5.10 Å². The number of nitrogens with one attached hydrogen (secondary N) is 1. The first-order chi connectivity index (χ1) is 12.7. The summed E-state index contributed by atoms with van der Waals surface area (Å²) in [5, 5.41) is 9.06. The zero-order valence-corrected chi connectivity index (χ0v) is 14.7. The molecule has 1 aliphatic rings. The van der Waals surface area contributed by atoms with Gasteiger partial charge in [-0.3, -0.25) is 0 Å². The Labute approximate surface area is 150 Å². The van der Waals surface area contributed by atoms with E-state index in [-0.39, 0.29) is 0 Å². The van der Waals surface area contributed by atoms with Crippen molar-refractivity contribution in [1.29, 1.82) is 0 Å². The van der Waals surface area contributed by atoms with Crippen LogP contribution in [0.4, 0.5) is 5.82 Å². The molecule has 3 heterocycles. The van der Waals surface area contributed by atoms with Gasteiger partial charge in [0, 0.05) is 30.9 Å². The lowest BCUT2D eigenvalue weighted by molar-refractivity contribution is 0.816. The van der Waals surface area contributed by atoms with Crippen LogP contribution in [0.3, 0.4) is 0 Å². The molecule has 0 aliphatic heterocycles. The maximum atomic E-state index is 4.63. The third-order valence-corrected chi connectivity index (χ3v) is 4.89. The van der Waals surface area contributed by atoms with Crippen LogP contribution in [0.1, 0.15) is 23.9 Å². The van der Waals surface area contributed by atoms with Gasteiger partial charge < -0.3 is 9.88 Å². The molecule has 0 unspecified atom stereocenters. The standard InChI is InChI=1S/C19H19N7/c1-12-22-18(24-16-8-14(16)17-10-20-11-25(17)2)15-9-21-26(19(15)23-12)13-6-4-3-5-7-13/h3-7,9-11,14,16H,8H2,1-2H3,(H,22,23,24)/t14-,16-/m1/s1. The van der Waals surface area contributed by atoms with Gasteiger partial charge in [0.1, 0.15) is 11.6 Å². The van der Waals surface area contributed by atoms with Gasteiger partial charge in [-0.15, -0.1) is 0 Å². The molecule has 5 rings (SSSR count). The van der Waals surface area contributed by atoms with Gasteiger partial charge in [-0.1, -0.05) is 18.2 Å². The summed E-state index contributed by atoms with van der Waals surface area (Å²) in [5.41, 5.74) is 3.07. The van der Waals surface area contributed by atoms with Gasteiger partial charge in [-0.25, -0.2) is 19.6 Å². The molecular weight excluding hydrogens is 326 g/mol. The molecule has 130 valence electrons. The van der Waals surface area contributed by atoms with Crippen molar-refractivity contribution in [1.82, 2.24) is 29.3 Å². The number of imidazole rings is 1. The van der Waals surface area contributed by atoms with Crippen molar-refractivity contribution in [2.45, 2.75) is 25.3 Å². The van der Waals surface area contributed by atoms with Crippen LogP contribution >= 0.6 is 0 Å². The van der Waals surface area contributed by atoms with Gasteiger partial charge in [0.15, 0.2) is 5.65 Å². The predicted molar refractivity (Wildman–Crippen MR) is 99.4 cm³/mol. The lowest BCUT2D eigenvalue weighted by Gasteiger charge is -2.08. The molecule has 1 saturated carbocycles. The van der Waals surface area contributed by atoms with E-state index in [4.69, 9.17) is 0 Å². The van der Waals surface area contributed by atoms with Crippen LogP contribution in [-0.2, 0) is 7.05 Å². The van der Waals surface area contributed by atoms with E-state index in [0.29, 0.717) is 12.0 Å². The molecule has 0 bridgehead atoms. The molecule has 7 nitrogen and oxygen atoms in total. The molecule has 2 atom stereocenters. The molecule has 1 aromatic carbocycles. The molecule has 1 fully saturated rings. The van der Waals surface area contributed by atoms with Gasteiger partial charge in [-0.05, 0) is 25.5 Å². The fourth-order valence-electron chi connectivity index (χ4n) is 3.47. The van der Waals surface area contributed by atoms with Crippen molar-refractivity contribution >= 4 is 16.9 Å². The molecule has 0 amide bonds. The molecule has 1 aliphatic carbocycles. The summed E-state index contributed by atoms with van der Waals surface area (Å²) in [6.45, 7) is 1.92. The molecule has 7 heteroatoms. The zero-order valence-electron chi connectivity index (χ0n) is 14.7. The highest BCUT2D eigenvalue weighted by molar-refractivity contribution is 5.87. The van der Waals surface area contributed by atoms with Crippen molar-refractivity contribution in [3.63, 3.8) is 0 Å². The maximum Gasteiger partial charge on any atom is 0.168 e. The fourth-order valence-corrected chi connectivity index (χ4v) is 3.47. The molecule has 3 aromatic heterocycles. The van der Waals surface area contributed by atoms with Crippen LogP contribution in [0.2, 0.25) is 0 Å². The minimum atomic E-state index is 0.364. The minimum absolute atomic E-state index is 0.364. The summed E-state index contributed by atoms with van der Waals surface area (Å²) in [7, 11) is 2.04. The van der Waals surface area contributed by atoms with Crippen LogP contribution in [0, 0.1) is 6.92 Å². The summed E-state index contributed by atoms with van der Waals surface area (Å²) < 4.78 is 3.95. The Balaban J connectivity index is 1.49. The molecule has 26 heavy (non-hydrogen) atoms. The second-order valence-electron chi connectivity index (χ2n) is 6.77. The van der Waals surface area contributed by atoms with E-state index in [1.165, 1.54) is 5.69 Å². The Bertz CT molecular complexity index is 1080. The summed E-state index contributed by atoms with van der Waals surface area (Å²) in [6.07, 6.45) is 6.71. The monoisotopic (exact) mass is 345 g/mol. The number of aryl methyl sites for hydroxylation is 2. The molecule has 0 saturated heterocycles. The SMILES string of the molecule is Cc1nc(N[C@@H]2C[C@H]2c2cncn2C)c2cnn(-c3ccccc3)c2n1. The number of anilines is 1. The Kier molecular flexibility index (Phi) is 3.28. The molecule has 0 radical (unpaired) electrons. The largest absolute Gasteiger partial charge is 0.366 e. The van der Waals surface area contributed by atoms with E-state index in [1.54, 1.807) is 0 Å². The van der Waals surface area contributed by atoms with Crippen molar-refractivity contribution < 1.29 is 0 Å². The predicted octanol–water partition coefficient (Wildman–Crippen LogP) is 2.83. The molecule has 0 spiro atoms. The van der Waals surface area contributed by atoms with E-state index < -0.39 is 0 Å². The topological polar surface area (TPSA) is 73.5 Å². The average Bonchev–Trinajstić information content (AvgIpc) is 3.05. The van der Waals surface area contributed by atoms with Gasteiger partial charge in [0.25, 0.3) is 0 Å². The Hall–Kier alpha value is -3.22. The smallest absolute Gasteiger partial charge is 0.168 e. The van der Waals surface area contributed by atoms with Crippen LogP contribution in [0.5, 0.6) is 0 Å². The van der Waals surface area contributed by atoms with Gasteiger partial charge >= 0.3 is 0 Å². The van der Waals surface area contributed by atoms with Crippen LogP contribution in [0.25, 0.3) is 16.7 Å². The Morgan fingerprint density at radius 1 is 1.12 bits per heavy atom. The normalized spacial score (nSPS) is 19.0. The Morgan fingerprint density at radius 2 is 1.96 bits per heavy atom. The zero-order chi connectivity index (χ0) is 17.7. The first-order valence-electron chi connectivity index (χ1n) is 8.71. The third-order valence-electron chi connectivity index (χ3n) is 4.89. The maximum absolute atomic E-state index is 4.63. The van der Waals surface area contributed by atoms with Crippen molar-refractivity contribution in [2.75, 3.05) is 5.32 Å². The van der Waals surface area contributed by atoms with Crippen molar-refractivity contribution in [3.8, 4) is 5.69 Å².